The highest BCUT2D eigenvalue weighted by Crippen LogP contribution is 2.47. The fraction of sp³-hybridized carbons (Fsp3) is 0.400. The van der Waals surface area contributed by atoms with Crippen LogP contribution in [0.1, 0.15) is 62.5 Å². The third-order valence-electron chi connectivity index (χ3n) is 7.72. The Morgan fingerprint density at radius 2 is 1.86 bits per heavy atom. The van der Waals surface area contributed by atoms with Gasteiger partial charge in [0.25, 0.3) is 0 Å². The number of allylic oxidation sites excluding steroid dienone is 3. The first-order valence-electron chi connectivity index (χ1n) is 12.8. The predicted molar refractivity (Wildman–Crippen MR) is 138 cm³/mol. The number of para-hydroxylation sites is 1. The van der Waals surface area contributed by atoms with Crippen molar-refractivity contribution in [1.82, 2.24) is 5.32 Å². The lowest BCUT2D eigenvalue weighted by atomic mass is 9.71. The van der Waals surface area contributed by atoms with Crippen molar-refractivity contribution in [3.63, 3.8) is 0 Å². The van der Waals surface area contributed by atoms with Crippen molar-refractivity contribution in [2.75, 3.05) is 20.3 Å². The zero-order valence-corrected chi connectivity index (χ0v) is 21.5. The highest BCUT2D eigenvalue weighted by Gasteiger charge is 2.43. The second-order valence-corrected chi connectivity index (χ2v) is 10.3. The second-order valence-electron chi connectivity index (χ2n) is 10.3. The summed E-state index contributed by atoms with van der Waals surface area (Å²) in [5, 5.41) is 13.7. The summed E-state index contributed by atoms with van der Waals surface area (Å²) in [6.07, 6.45) is 2.13. The number of nitrogens with one attached hydrogen (secondary N) is 1. The lowest BCUT2D eigenvalue weighted by Crippen LogP contribution is -2.41. The number of ketones is 1. The minimum Gasteiger partial charge on any atom is -0.508 e. The number of methoxy groups -OCH3 is 1. The van der Waals surface area contributed by atoms with Crippen LogP contribution in [0.25, 0.3) is 0 Å². The molecule has 2 atom stereocenters. The molecule has 1 saturated heterocycles. The molecule has 0 bridgehead atoms. The number of carbonyl (C=O) groups excluding carboxylic acids is 2. The maximum Gasteiger partial charge on any atom is 0.337 e. The Morgan fingerprint density at radius 1 is 1.11 bits per heavy atom. The number of ether oxygens (including phenoxy) is 3. The molecule has 3 aliphatic rings. The molecular formula is C30H33NO6. The summed E-state index contributed by atoms with van der Waals surface area (Å²) in [5.41, 5.74) is 3.45. The molecule has 5 rings (SSSR count). The first kappa shape index (κ1) is 25.1. The van der Waals surface area contributed by atoms with Crippen molar-refractivity contribution in [2.24, 2.45) is 0 Å². The summed E-state index contributed by atoms with van der Waals surface area (Å²) in [6, 6.07) is 14.5. The first-order valence-corrected chi connectivity index (χ1v) is 12.8. The minimum atomic E-state index is -0.634. The largest absolute Gasteiger partial charge is 0.508 e. The fourth-order valence-corrected chi connectivity index (χ4v) is 5.75. The van der Waals surface area contributed by atoms with Gasteiger partial charge in [0.2, 0.25) is 0 Å². The van der Waals surface area contributed by atoms with Crippen molar-refractivity contribution >= 4 is 11.8 Å². The van der Waals surface area contributed by atoms with Gasteiger partial charge in [0.1, 0.15) is 17.1 Å². The number of dihydropyridines is 1. The molecule has 2 aromatic carbocycles. The summed E-state index contributed by atoms with van der Waals surface area (Å²) in [6.45, 7) is 4.85. The molecule has 2 N–H and O–H groups in total. The SMILES string of the molecule is COc1ccccc1[C@H]1CC(=O)C2=C(C1)NC(C)=C(C(=O)OC1(C)CCOCC1)C2c1cccc(O)c1. The fourth-order valence-electron chi connectivity index (χ4n) is 5.75. The van der Waals surface area contributed by atoms with Gasteiger partial charge in [-0.15, -0.1) is 0 Å². The average molecular weight is 504 g/mol. The van der Waals surface area contributed by atoms with Gasteiger partial charge in [-0.25, -0.2) is 4.79 Å². The molecule has 2 heterocycles. The van der Waals surface area contributed by atoms with Crippen molar-refractivity contribution in [2.45, 2.75) is 57.0 Å². The van der Waals surface area contributed by atoms with Gasteiger partial charge in [-0.1, -0.05) is 30.3 Å². The van der Waals surface area contributed by atoms with E-state index in [1.54, 1.807) is 25.3 Å². The van der Waals surface area contributed by atoms with Gasteiger partial charge in [0.15, 0.2) is 5.78 Å². The monoisotopic (exact) mass is 503 g/mol. The van der Waals surface area contributed by atoms with E-state index in [2.05, 4.69) is 5.32 Å². The number of aromatic hydroxyl groups is 1. The zero-order chi connectivity index (χ0) is 26.2. The van der Waals surface area contributed by atoms with Crippen molar-refractivity contribution in [1.29, 1.82) is 0 Å². The molecular weight excluding hydrogens is 470 g/mol. The molecule has 2 aromatic rings. The summed E-state index contributed by atoms with van der Waals surface area (Å²) < 4.78 is 17.1. The van der Waals surface area contributed by atoms with E-state index in [9.17, 15) is 14.7 Å². The maximum absolute atomic E-state index is 13.8. The number of hydrogen-bond donors (Lipinski definition) is 2. The summed E-state index contributed by atoms with van der Waals surface area (Å²) in [4.78, 5) is 27.5. The van der Waals surface area contributed by atoms with Gasteiger partial charge >= 0.3 is 5.97 Å². The van der Waals surface area contributed by atoms with Crippen molar-refractivity contribution in [3.05, 3.63) is 82.2 Å². The molecule has 2 aliphatic heterocycles. The second kappa shape index (κ2) is 10.1. The third kappa shape index (κ3) is 4.88. The Labute approximate surface area is 217 Å². The normalized spacial score (nSPS) is 23.3. The van der Waals surface area contributed by atoms with Crippen LogP contribution in [0.5, 0.6) is 11.5 Å². The molecule has 7 heteroatoms. The molecule has 7 nitrogen and oxygen atoms in total. The van der Waals surface area contributed by atoms with E-state index < -0.39 is 17.5 Å². The van der Waals surface area contributed by atoms with E-state index in [1.165, 1.54) is 0 Å². The highest BCUT2D eigenvalue weighted by molar-refractivity contribution is 6.04. The van der Waals surface area contributed by atoms with E-state index in [1.807, 2.05) is 44.2 Å². The summed E-state index contributed by atoms with van der Waals surface area (Å²) >= 11 is 0. The van der Waals surface area contributed by atoms with Gasteiger partial charge in [0.05, 0.1) is 25.9 Å². The molecule has 1 aliphatic carbocycles. The van der Waals surface area contributed by atoms with Gasteiger partial charge in [-0.3, -0.25) is 4.79 Å². The van der Waals surface area contributed by atoms with Crippen LogP contribution in [0.3, 0.4) is 0 Å². The Balaban J connectivity index is 1.55. The quantitative estimate of drug-likeness (QED) is 0.562. The van der Waals surface area contributed by atoms with Crippen LogP contribution in [0.4, 0.5) is 0 Å². The maximum atomic E-state index is 13.8. The van der Waals surface area contributed by atoms with Crippen LogP contribution in [0.2, 0.25) is 0 Å². The Morgan fingerprint density at radius 3 is 2.59 bits per heavy atom. The third-order valence-corrected chi connectivity index (χ3v) is 7.72. The van der Waals surface area contributed by atoms with Gasteiger partial charge < -0.3 is 24.6 Å². The Kier molecular flexibility index (Phi) is 6.82. The first-order chi connectivity index (χ1) is 17.8. The lowest BCUT2D eigenvalue weighted by Gasteiger charge is -2.39. The van der Waals surface area contributed by atoms with E-state index in [0.717, 1.165) is 17.0 Å². The van der Waals surface area contributed by atoms with Crippen LogP contribution < -0.4 is 10.1 Å². The number of phenols is 1. The van der Waals surface area contributed by atoms with Gasteiger partial charge in [-0.2, -0.15) is 0 Å². The zero-order valence-electron chi connectivity index (χ0n) is 21.5. The summed E-state index contributed by atoms with van der Waals surface area (Å²) in [5.74, 6) is -0.337. The number of Topliss-reactive ketones (excluding diaryl/α,β-unsaturated/α-hetero) is 1. The Hall–Kier alpha value is -3.58. The minimum absolute atomic E-state index is 0.0342. The molecule has 1 unspecified atom stereocenters. The molecule has 0 radical (unpaired) electrons. The van der Waals surface area contributed by atoms with Crippen LogP contribution in [-0.2, 0) is 19.1 Å². The number of carbonyl (C=O) groups is 2. The number of phenolic OH excluding ortho intramolecular Hbond substituents is 1. The number of rotatable bonds is 5. The van der Waals surface area contributed by atoms with Crippen LogP contribution >= 0.6 is 0 Å². The molecule has 1 fully saturated rings. The smallest absolute Gasteiger partial charge is 0.337 e. The van der Waals surface area contributed by atoms with E-state index >= 15 is 0 Å². The van der Waals surface area contributed by atoms with Crippen molar-refractivity contribution in [3.8, 4) is 11.5 Å². The van der Waals surface area contributed by atoms with E-state index in [0.29, 0.717) is 61.3 Å². The van der Waals surface area contributed by atoms with E-state index in [-0.39, 0.29) is 17.5 Å². The van der Waals surface area contributed by atoms with Crippen LogP contribution in [0, 0.1) is 0 Å². The summed E-state index contributed by atoms with van der Waals surface area (Å²) in [7, 11) is 1.63. The molecule has 194 valence electrons. The van der Waals surface area contributed by atoms with Crippen LogP contribution in [-0.4, -0.2) is 42.8 Å². The van der Waals surface area contributed by atoms with E-state index in [4.69, 9.17) is 14.2 Å². The number of esters is 1. The van der Waals surface area contributed by atoms with Crippen molar-refractivity contribution < 1.29 is 28.9 Å². The molecule has 0 saturated carbocycles. The van der Waals surface area contributed by atoms with Gasteiger partial charge in [-0.05, 0) is 49.6 Å². The highest BCUT2D eigenvalue weighted by atomic mass is 16.6. The standard InChI is InChI=1S/C30H33NO6/c1-18-26(29(34)37-30(2)11-13-36-14-12-30)27(19-7-6-8-21(32)15-19)28-23(31-18)16-20(17-24(28)33)22-9-4-5-10-25(22)35-3/h4-10,15,20,27,31-32H,11-14,16-17H2,1-3H3/t20-,27?/m1/s1. The molecule has 37 heavy (non-hydrogen) atoms. The number of hydrogen-bond acceptors (Lipinski definition) is 7. The molecule has 0 amide bonds. The Bertz CT molecular complexity index is 1290. The number of benzene rings is 2. The topological polar surface area (TPSA) is 94.1 Å². The predicted octanol–water partition coefficient (Wildman–Crippen LogP) is 4.87. The van der Waals surface area contributed by atoms with Crippen LogP contribution in [0.15, 0.2) is 71.1 Å². The lowest BCUT2D eigenvalue weighted by molar-refractivity contribution is -0.162. The van der Waals surface area contributed by atoms with Gasteiger partial charge in [0, 0.05) is 48.1 Å². The molecule has 0 aromatic heterocycles. The average Bonchev–Trinajstić information content (AvgIpc) is 2.87. The molecule has 0 spiro atoms.